The van der Waals surface area contributed by atoms with E-state index in [1.165, 1.54) is 0 Å². The fraction of sp³-hybridized carbons (Fsp3) is 0.273. The number of hydrogen-bond acceptors (Lipinski definition) is 5. The molecule has 0 fully saturated rings. The van der Waals surface area contributed by atoms with Gasteiger partial charge in [0.2, 0.25) is 0 Å². The molecule has 1 aliphatic heterocycles. The van der Waals surface area contributed by atoms with E-state index in [0.717, 1.165) is 35.2 Å². The molecule has 0 spiro atoms. The molecule has 6 heteroatoms. The number of halogens is 1. The van der Waals surface area contributed by atoms with Gasteiger partial charge in [0.1, 0.15) is 11.3 Å². The van der Waals surface area contributed by atoms with Gasteiger partial charge in [-0.25, -0.2) is 4.79 Å². The molecule has 1 atom stereocenters. The molecule has 0 unspecified atom stereocenters. The Morgan fingerprint density at radius 3 is 2.86 bits per heavy atom. The summed E-state index contributed by atoms with van der Waals surface area (Å²) < 4.78 is 5.50. The second-order valence-electron chi connectivity index (χ2n) is 7.46. The van der Waals surface area contributed by atoms with Gasteiger partial charge in [-0.3, -0.25) is 0 Å². The summed E-state index contributed by atoms with van der Waals surface area (Å²) >= 11 is 6.34. The van der Waals surface area contributed by atoms with Crippen molar-refractivity contribution >= 4 is 28.3 Å². The van der Waals surface area contributed by atoms with Crippen LogP contribution in [0.15, 0.2) is 44.6 Å². The summed E-state index contributed by atoms with van der Waals surface area (Å²) in [5.74, 6) is 0.150. The van der Waals surface area contributed by atoms with Gasteiger partial charge in [0, 0.05) is 22.6 Å². The van der Waals surface area contributed by atoms with Crippen molar-refractivity contribution in [3.8, 4) is 5.75 Å². The molecule has 0 saturated heterocycles. The van der Waals surface area contributed by atoms with Crippen LogP contribution in [0, 0.1) is 6.92 Å². The summed E-state index contributed by atoms with van der Waals surface area (Å²) in [6.07, 6.45) is 3.00. The number of hydrazone groups is 1. The normalized spacial score (nSPS) is 18.2. The number of aryl methyl sites for hydroxylation is 2. The number of nitrogens with zero attached hydrogens (tertiary/aromatic N) is 1. The largest absolute Gasteiger partial charge is 0.506 e. The van der Waals surface area contributed by atoms with E-state index in [9.17, 15) is 9.90 Å². The Labute approximate surface area is 166 Å². The minimum Gasteiger partial charge on any atom is -0.506 e. The molecule has 0 radical (unpaired) electrons. The minimum absolute atomic E-state index is 0.0439. The Bertz CT molecular complexity index is 1210. The van der Waals surface area contributed by atoms with Crippen LogP contribution >= 0.6 is 11.6 Å². The SMILES string of the molecule is Cc1cc2oc(=O)c3c(c2c(O)c1C1=NN[C@@H](c2ccccc2Cl)C1)CCC3. The highest BCUT2D eigenvalue weighted by Gasteiger charge is 2.29. The van der Waals surface area contributed by atoms with E-state index < -0.39 is 0 Å². The Hall–Kier alpha value is -2.79. The second kappa shape index (κ2) is 6.38. The lowest BCUT2D eigenvalue weighted by Gasteiger charge is -2.14. The lowest BCUT2D eigenvalue weighted by atomic mass is 9.93. The summed E-state index contributed by atoms with van der Waals surface area (Å²) in [4.78, 5) is 12.2. The van der Waals surface area contributed by atoms with Crippen molar-refractivity contribution in [2.75, 3.05) is 0 Å². The van der Waals surface area contributed by atoms with E-state index in [-0.39, 0.29) is 17.4 Å². The smallest absolute Gasteiger partial charge is 0.339 e. The van der Waals surface area contributed by atoms with Gasteiger partial charge >= 0.3 is 5.63 Å². The summed E-state index contributed by atoms with van der Waals surface area (Å²) in [6, 6.07) is 9.47. The lowest BCUT2D eigenvalue weighted by Crippen LogP contribution is -2.11. The van der Waals surface area contributed by atoms with Crippen molar-refractivity contribution in [3.63, 3.8) is 0 Å². The summed E-state index contributed by atoms with van der Waals surface area (Å²) in [5.41, 5.74) is 8.20. The first-order valence-electron chi connectivity index (χ1n) is 9.42. The van der Waals surface area contributed by atoms with Gasteiger partial charge in [-0.15, -0.1) is 0 Å². The minimum atomic E-state index is -0.287. The Morgan fingerprint density at radius 2 is 2.04 bits per heavy atom. The van der Waals surface area contributed by atoms with Gasteiger partial charge in [-0.2, -0.15) is 5.10 Å². The molecule has 142 valence electrons. The van der Waals surface area contributed by atoms with Crippen LogP contribution in [-0.2, 0) is 12.8 Å². The van der Waals surface area contributed by atoms with E-state index in [1.807, 2.05) is 37.3 Å². The molecule has 2 N–H and O–H groups in total. The lowest BCUT2D eigenvalue weighted by molar-refractivity contribution is 0.476. The molecule has 0 bridgehead atoms. The molecule has 0 saturated carbocycles. The van der Waals surface area contributed by atoms with E-state index >= 15 is 0 Å². The van der Waals surface area contributed by atoms with Crippen molar-refractivity contribution in [2.24, 2.45) is 5.10 Å². The van der Waals surface area contributed by atoms with Crippen LogP contribution in [0.25, 0.3) is 11.0 Å². The van der Waals surface area contributed by atoms with Crippen LogP contribution in [0.1, 0.15) is 46.7 Å². The molecule has 5 nitrogen and oxygen atoms in total. The van der Waals surface area contributed by atoms with Gasteiger partial charge < -0.3 is 14.9 Å². The predicted octanol–water partition coefficient (Wildman–Crippen LogP) is 4.39. The van der Waals surface area contributed by atoms with E-state index in [0.29, 0.717) is 40.0 Å². The van der Waals surface area contributed by atoms with Crippen molar-refractivity contribution in [1.29, 1.82) is 0 Å². The van der Waals surface area contributed by atoms with Crippen molar-refractivity contribution in [1.82, 2.24) is 5.43 Å². The average Bonchev–Trinajstić information content (AvgIpc) is 3.32. The fourth-order valence-corrected chi connectivity index (χ4v) is 4.72. The molecular weight excluding hydrogens is 376 g/mol. The maximum absolute atomic E-state index is 12.2. The van der Waals surface area contributed by atoms with Crippen LogP contribution < -0.4 is 11.1 Å². The third-order valence-electron chi connectivity index (χ3n) is 5.75. The molecule has 28 heavy (non-hydrogen) atoms. The molecule has 2 heterocycles. The van der Waals surface area contributed by atoms with Gasteiger partial charge in [0.15, 0.2) is 0 Å². The van der Waals surface area contributed by atoms with Gasteiger partial charge in [-0.1, -0.05) is 29.8 Å². The quantitative estimate of drug-likeness (QED) is 0.632. The number of phenolic OH excluding ortho intramolecular Hbond substituents is 1. The van der Waals surface area contributed by atoms with E-state index in [4.69, 9.17) is 16.0 Å². The Kier molecular flexibility index (Phi) is 3.95. The highest BCUT2D eigenvalue weighted by molar-refractivity contribution is 6.31. The first-order chi connectivity index (χ1) is 13.5. The highest BCUT2D eigenvalue weighted by atomic mass is 35.5. The summed E-state index contributed by atoms with van der Waals surface area (Å²) in [6.45, 7) is 1.90. The van der Waals surface area contributed by atoms with Crippen molar-refractivity contribution in [2.45, 2.75) is 38.6 Å². The molecule has 1 aliphatic carbocycles. The van der Waals surface area contributed by atoms with Crippen LogP contribution in [0.2, 0.25) is 5.02 Å². The molecule has 2 aromatic carbocycles. The van der Waals surface area contributed by atoms with E-state index in [2.05, 4.69) is 10.5 Å². The Morgan fingerprint density at radius 1 is 1.25 bits per heavy atom. The van der Waals surface area contributed by atoms with Gasteiger partial charge in [0.25, 0.3) is 0 Å². The van der Waals surface area contributed by atoms with Crippen molar-refractivity contribution in [3.05, 3.63) is 73.6 Å². The molecule has 3 aromatic rings. The van der Waals surface area contributed by atoms with Crippen LogP contribution in [0.4, 0.5) is 0 Å². The number of nitrogens with one attached hydrogen (secondary N) is 1. The molecular formula is C22H19ClN2O3. The number of phenols is 1. The zero-order valence-electron chi connectivity index (χ0n) is 15.4. The number of aromatic hydroxyl groups is 1. The maximum Gasteiger partial charge on any atom is 0.339 e. The second-order valence-corrected chi connectivity index (χ2v) is 7.86. The van der Waals surface area contributed by atoms with Crippen LogP contribution in [-0.4, -0.2) is 10.8 Å². The van der Waals surface area contributed by atoms with E-state index in [1.54, 1.807) is 0 Å². The van der Waals surface area contributed by atoms with Gasteiger partial charge in [-0.05, 0) is 55.0 Å². The third-order valence-corrected chi connectivity index (χ3v) is 6.10. The number of fused-ring (bicyclic) bond motifs is 3. The zero-order valence-corrected chi connectivity index (χ0v) is 16.1. The monoisotopic (exact) mass is 394 g/mol. The summed E-state index contributed by atoms with van der Waals surface area (Å²) in [7, 11) is 0. The number of rotatable bonds is 2. The standard InChI is InChI=1S/C22H19ClN2O3/c1-11-9-18-20(12-6-4-7-13(12)22(27)28-18)21(26)19(11)17-10-16(24-25-17)14-5-2-3-8-15(14)23/h2-3,5,8-9,16,24,26H,4,6-7,10H2,1H3/t16-/m1/s1. The van der Waals surface area contributed by atoms with Crippen LogP contribution in [0.5, 0.6) is 5.75 Å². The topological polar surface area (TPSA) is 74.8 Å². The van der Waals surface area contributed by atoms with Gasteiger partial charge in [0.05, 0.1) is 17.1 Å². The number of hydrogen-bond donors (Lipinski definition) is 2. The van der Waals surface area contributed by atoms with Crippen LogP contribution in [0.3, 0.4) is 0 Å². The molecule has 1 aromatic heterocycles. The third kappa shape index (κ3) is 2.53. The zero-order chi connectivity index (χ0) is 19.4. The Balaban J connectivity index is 1.62. The maximum atomic E-state index is 12.2. The average molecular weight is 395 g/mol. The number of benzene rings is 2. The fourth-order valence-electron chi connectivity index (χ4n) is 4.45. The highest BCUT2D eigenvalue weighted by Crippen LogP contribution is 2.40. The molecule has 5 rings (SSSR count). The molecule has 2 aliphatic rings. The first-order valence-corrected chi connectivity index (χ1v) is 9.80. The predicted molar refractivity (Wildman–Crippen MR) is 109 cm³/mol. The first kappa shape index (κ1) is 17.3. The molecule has 0 amide bonds. The van der Waals surface area contributed by atoms with Crippen molar-refractivity contribution < 1.29 is 9.52 Å². The summed E-state index contributed by atoms with van der Waals surface area (Å²) in [5, 5.41) is 17.0.